The van der Waals surface area contributed by atoms with Crippen molar-refractivity contribution in [2.75, 3.05) is 11.9 Å². The van der Waals surface area contributed by atoms with Crippen molar-refractivity contribution in [1.82, 2.24) is 5.32 Å². The van der Waals surface area contributed by atoms with Gasteiger partial charge in [0.25, 0.3) is 11.8 Å². The number of hydrogen-bond acceptors (Lipinski definition) is 5. The predicted molar refractivity (Wildman–Crippen MR) is 98.4 cm³/mol. The molecule has 8 heteroatoms. The molecule has 0 aliphatic heterocycles. The van der Waals surface area contributed by atoms with Crippen molar-refractivity contribution in [2.45, 2.75) is 38.5 Å². The molecule has 2 aromatic heterocycles. The van der Waals surface area contributed by atoms with Crippen molar-refractivity contribution in [2.24, 2.45) is 5.73 Å². The number of primary amides is 1. The average Bonchev–Trinajstić information content (AvgIpc) is 3.18. The van der Waals surface area contributed by atoms with Crippen LogP contribution >= 0.6 is 11.3 Å². The Morgan fingerprint density at radius 2 is 2.00 bits per heavy atom. The first kappa shape index (κ1) is 18.2. The molecule has 3 rings (SSSR count). The first-order valence-electron chi connectivity index (χ1n) is 8.62. The van der Waals surface area contributed by atoms with E-state index in [2.05, 4.69) is 10.6 Å². The minimum atomic E-state index is -0.508. The number of fused-ring (bicyclic) bond motifs is 1. The second kappa shape index (κ2) is 8.18. The van der Waals surface area contributed by atoms with Gasteiger partial charge in [-0.05, 0) is 43.4 Å². The monoisotopic (exact) mass is 375 g/mol. The van der Waals surface area contributed by atoms with Crippen LogP contribution in [0, 0.1) is 0 Å². The third kappa shape index (κ3) is 4.13. The van der Waals surface area contributed by atoms with Crippen LogP contribution in [-0.2, 0) is 17.6 Å². The van der Waals surface area contributed by atoms with Gasteiger partial charge in [0.2, 0.25) is 5.91 Å². The van der Waals surface area contributed by atoms with Gasteiger partial charge < -0.3 is 20.8 Å². The maximum Gasteiger partial charge on any atom is 0.286 e. The number of nitrogens with one attached hydrogen (secondary N) is 2. The summed E-state index contributed by atoms with van der Waals surface area (Å²) in [6.07, 6.45) is 6.47. The van der Waals surface area contributed by atoms with E-state index in [0.29, 0.717) is 10.6 Å². The number of hydrogen-bond donors (Lipinski definition) is 3. The number of aryl methyl sites for hydroxylation is 1. The maximum atomic E-state index is 12.2. The first-order chi connectivity index (χ1) is 12.6. The number of carbonyl (C=O) groups excluding carboxylic acids is 3. The van der Waals surface area contributed by atoms with Gasteiger partial charge in [-0.2, -0.15) is 0 Å². The van der Waals surface area contributed by atoms with Crippen molar-refractivity contribution in [1.29, 1.82) is 0 Å². The molecule has 26 heavy (non-hydrogen) atoms. The fourth-order valence-corrected chi connectivity index (χ4v) is 4.38. The summed E-state index contributed by atoms with van der Waals surface area (Å²) < 4.78 is 4.98. The lowest BCUT2D eigenvalue weighted by Gasteiger charge is -2.07. The van der Waals surface area contributed by atoms with E-state index in [1.165, 1.54) is 17.6 Å². The van der Waals surface area contributed by atoms with Gasteiger partial charge in [-0.25, -0.2) is 0 Å². The molecular formula is C18H21N3O4S. The lowest BCUT2D eigenvalue weighted by molar-refractivity contribution is -0.116. The van der Waals surface area contributed by atoms with Crippen LogP contribution in [-0.4, -0.2) is 24.3 Å². The fraction of sp³-hybridized carbons (Fsp3) is 0.389. The molecule has 0 spiro atoms. The van der Waals surface area contributed by atoms with E-state index in [-0.39, 0.29) is 30.5 Å². The molecule has 0 unspecified atom stereocenters. The number of carbonyl (C=O) groups is 3. The van der Waals surface area contributed by atoms with Gasteiger partial charge in [0.15, 0.2) is 5.76 Å². The Morgan fingerprint density at radius 3 is 2.73 bits per heavy atom. The minimum Gasteiger partial charge on any atom is -0.459 e. The molecule has 138 valence electrons. The first-order valence-corrected chi connectivity index (χ1v) is 9.44. The van der Waals surface area contributed by atoms with Crippen molar-refractivity contribution in [3.8, 4) is 0 Å². The van der Waals surface area contributed by atoms with Crippen LogP contribution in [0.5, 0.6) is 0 Å². The molecule has 4 N–H and O–H groups in total. The van der Waals surface area contributed by atoms with E-state index in [1.54, 1.807) is 12.1 Å². The average molecular weight is 375 g/mol. The lowest BCUT2D eigenvalue weighted by Crippen LogP contribution is -2.27. The number of rotatable bonds is 6. The zero-order valence-corrected chi connectivity index (χ0v) is 15.1. The van der Waals surface area contributed by atoms with Crippen molar-refractivity contribution >= 4 is 34.1 Å². The molecule has 2 aromatic rings. The number of nitrogens with two attached hydrogens (primary N) is 1. The van der Waals surface area contributed by atoms with Gasteiger partial charge in [0, 0.05) is 17.8 Å². The largest absolute Gasteiger partial charge is 0.459 e. The molecule has 0 saturated heterocycles. The highest BCUT2D eigenvalue weighted by molar-refractivity contribution is 7.17. The van der Waals surface area contributed by atoms with Crippen molar-refractivity contribution in [3.05, 3.63) is 40.2 Å². The molecule has 0 fully saturated rings. The topological polar surface area (TPSA) is 114 Å². The fourth-order valence-electron chi connectivity index (χ4n) is 3.06. The molecule has 0 saturated carbocycles. The number of furan rings is 1. The summed E-state index contributed by atoms with van der Waals surface area (Å²) in [7, 11) is 0. The van der Waals surface area contributed by atoms with Crippen LogP contribution in [0.1, 0.15) is 57.0 Å². The molecule has 7 nitrogen and oxygen atoms in total. The third-order valence-electron chi connectivity index (χ3n) is 4.30. The molecule has 0 atom stereocenters. The standard InChI is InChI=1S/C18H21N3O4S/c19-16(23)15-11-5-2-1-3-7-13(11)26-18(15)21-14(22)8-9-20-17(24)12-6-4-10-25-12/h4,6,10H,1-3,5,7-9H2,(H2,19,23)(H,20,24)(H,21,22). The normalized spacial score (nSPS) is 13.5. The molecule has 0 bridgehead atoms. The summed E-state index contributed by atoms with van der Waals surface area (Å²) in [6.45, 7) is 0.169. The van der Waals surface area contributed by atoms with Crippen molar-refractivity contribution in [3.63, 3.8) is 0 Å². The Bertz CT molecular complexity index is 811. The summed E-state index contributed by atoms with van der Waals surface area (Å²) in [5.74, 6) is -0.957. The van der Waals surface area contributed by atoms with E-state index >= 15 is 0 Å². The van der Waals surface area contributed by atoms with Gasteiger partial charge in [0.1, 0.15) is 5.00 Å². The predicted octanol–water partition coefficient (Wildman–Crippen LogP) is 2.47. The molecular weight excluding hydrogens is 354 g/mol. The zero-order chi connectivity index (χ0) is 18.5. The number of thiophene rings is 1. The highest BCUT2D eigenvalue weighted by Gasteiger charge is 2.24. The summed E-state index contributed by atoms with van der Waals surface area (Å²) in [4.78, 5) is 37.0. The number of anilines is 1. The zero-order valence-electron chi connectivity index (χ0n) is 14.3. The highest BCUT2D eigenvalue weighted by atomic mass is 32.1. The highest BCUT2D eigenvalue weighted by Crippen LogP contribution is 2.37. The van der Waals surface area contributed by atoms with Crippen LogP contribution in [0.4, 0.5) is 5.00 Å². The Kier molecular flexibility index (Phi) is 5.72. The maximum absolute atomic E-state index is 12.2. The van der Waals surface area contributed by atoms with E-state index in [9.17, 15) is 14.4 Å². The van der Waals surface area contributed by atoms with Crippen LogP contribution in [0.25, 0.3) is 0 Å². The van der Waals surface area contributed by atoms with Gasteiger partial charge in [-0.15, -0.1) is 11.3 Å². The Morgan fingerprint density at radius 1 is 1.19 bits per heavy atom. The second-order valence-electron chi connectivity index (χ2n) is 6.16. The quantitative estimate of drug-likeness (QED) is 0.673. The molecule has 1 aliphatic rings. The summed E-state index contributed by atoms with van der Waals surface area (Å²) in [5, 5.41) is 5.92. The van der Waals surface area contributed by atoms with Crippen molar-refractivity contribution < 1.29 is 18.8 Å². The molecule has 0 aromatic carbocycles. The molecule has 3 amide bonds. The summed E-state index contributed by atoms with van der Waals surface area (Å²) in [5.41, 5.74) is 6.98. The number of amides is 3. The second-order valence-corrected chi connectivity index (χ2v) is 7.27. The third-order valence-corrected chi connectivity index (χ3v) is 5.51. The van der Waals surface area contributed by atoms with E-state index in [1.807, 2.05) is 0 Å². The van der Waals surface area contributed by atoms with Crippen LogP contribution in [0.3, 0.4) is 0 Å². The lowest BCUT2D eigenvalue weighted by atomic mass is 10.1. The Balaban J connectivity index is 1.60. The Labute approximate surface area is 154 Å². The van der Waals surface area contributed by atoms with Gasteiger partial charge in [-0.1, -0.05) is 6.42 Å². The Hall–Kier alpha value is -2.61. The smallest absolute Gasteiger partial charge is 0.286 e. The SMILES string of the molecule is NC(=O)c1c(NC(=O)CCNC(=O)c2ccco2)sc2c1CCCCC2. The summed E-state index contributed by atoms with van der Waals surface area (Å²) >= 11 is 1.43. The van der Waals surface area contributed by atoms with E-state index in [4.69, 9.17) is 10.2 Å². The van der Waals surface area contributed by atoms with Gasteiger partial charge >= 0.3 is 0 Å². The molecule has 0 radical (unpaired) electrons. The van der Waals surface area contributed by atoms with E-state index in [0.717, 1.165) is 42.5 Å². The van der Waals surface area contributed by atoms with Crippen LogP contribution in [0.15, 0.2) is 22.8 Å². The summed E-state index contributed by atoms with van der Waals surface area (Å²) in [6, 6.07) is 3.17. The molecule has 1 aliphatic carbocycles. The van der Waals surface area contributed by atoms with Crippen LogP contribution in [0.2, 0.25) is 0 Å². The van der Waals surface area contributed by atoms with Gasteiger partial charge in [0.05, 0.1) is 11.8 Å². The van der Waals surface area contributed by atoms with E-state index < -0.39 is 5.91 Å². The van der Waals surface area contributed by atoms with Gasteiger partial charge in [-0.3, -0.25) is 14.4 Å². The molecule has 2 heterocycles. The minimum absolute atomic E-state index is 0.0905. The van der Waals surface area contributed by atoms with Crippen LogP contribution < -0.4 is 16.4 Å².